The molecule has 2 aromatic carbocycles. The van der Waals surface area contributed by atoms with Gasteiger partial charge in [0.05, 0.1) is 11.1 Å². The van der Waals surface area contributed by atoms with E-state index in [0.717, 1.165) is 11.6 Å². The summed E-state index contributed by atoms with van der Waals surface area (Å²) in [6.45, 7) is 0.937. The summed E-state index contributed by atoms with van der Waals surface area (Å²) in [5.74, 6) is -1.12. The SMILES string of the molecule is O=C(c1ccccc1C(F)(F)F)N1CCN(C(=O)[C@@H]2C[C@H]2c2ccc(F)cc2)CC1. The number of alkyl halides is 3. The molecule has 8 heteroatoms. The van der Waals surface area contributed by atoms with Crippen LogP contribution in [0.3, 0.4) is 0 Å². The Morgan fingerprint density at radius 1 is 0.867 bits per heavy atom. The van der Waals surface area contributed by atoms with Gasteiger partial charge in [-0.15, -0.1) is 0 Å². The second-order valence-corrected chi connectivity index (χ2v) is 7.66. The predicted molar refractivity (Wildman–Crippen MR) is 101 cm³/mol. The Kier molecular flexibility index (Phi) is 5.26. The van der Waals surface area contributed by atoms with E-state index in [1.54, 1.807) is 17.0 Å². The Bertz CT molecular complexity index is 950. The number of carbonyl (C=O) groups is 2. The first-order valence-corrected chi connectivity index (χ1v) is 9.75. The van der Waals surface area contributed by atoms with Gasteiger partial charge in [-0.25, -0.2) is 4.39 Å². The van der Waals surface area contributed by atoms with Crippen LogP contribution in [0.1, 0.15) is 33.8 Å². The van der Waals surface area contributed by atoms with Gasteiger partial charge in [-0.2, -0.15) is 13.2 Å². The van der Waals surface area contributed by atoms with Crippen LogP contribution in [0.25, 0.3) is 0 Å². The van der Waals surface area contributed by atoms with Crippen molar-refractivity contribution < 1.29 is 27.2 Å². The summed E-state index contributed by atoms with van der Waals surface area (Å²) in [5, 5.41) is 0. The minimum Gasteiger partial charge on any atom is -0.339 e. The minimum atomic E-state index is -4.61. The van der Waals surface area contributed by atoms with E-state index in [0.29, 0.717) is 6.42 Å². The van der Waals surface area contributed by atoms with Gasteiger partial charge in [0, 0.05) is 32.1 Å². The van der Waals surface area contributed by atoms with Crippen molar-refractivity contribution in [3.8, 4) is 0 Å². The Hall–Kier alpha value is -2.90. The zero-order chi connectivity index (χ0) is 21.5. The summed E-state index contributed by atoms with van der Waals surface area (Å²) in [6, 6.07) is 10.9. The third-order valence-electron chi connectivity index (χ3n) is 5.75. The van der Waals surface area contributed by atoms with E-state index in [2.05, 4.69) is 0 Å². The quantitative estimate of drug-likeness (QED) is 0.706. The fourth-order valence-corrected chi connectivity index (χ4v) is 4.00. The van der Waals surface area contributed by atoms with Crippen LogP contribution in [0, 0.1) is 11.7 Å². The van der Waals surface area contributed by atoms with Crippen LogP contribution >= 0.6 is 0 Å². The molecular formula is C22H20F4N2O2. The third-order valence-corrected chi connectivity index (χ3v) is 5.75. The maximum absolute atomic E-state index is 13.2. The van der Waals surface area contributed by atoms with Gasteiger partial charge < -0.3 is 9.80 Å². The first-order valence-electron chi connectivity index (χ1n) is 9.75. The molecule has 158 valence electrons. The van der Waals surface area contributed by atoms with Gasteiger partial charge in [0.2, 0.25) is 5.91 Å². The van der Waals surface area contributed by atoms with Gasteiger partial charge in [0.25, 0.3) is 5.91 Å². The molecule has 0 bridgehead atoms. The monoisotopic (exact) mass is 420 g/mol. The maximum Gasteiger partial charge on any atom is 0.417 e. The van der Waals surface area contributed by atoms with Crippen LogP contribution in [-0.4, -0.2) is 47.8 Å². The largest absolute Gasteiger partial charge is 0.417 e. The summed E-state index contributed by atoms with van der Waals surface area (Å²) < 4.78 is 52.6. The average Bonchev–Trinajstić information content (AvgIpc) is 3.53. The van der Waals surface area contributed by atoms with Crippen LogP contribution in [0.4, 0.5) is 17.6 Å². The molecule has 1 saturated carbocycles. The van der Waals surface area contributed by atoms with Crippen LogP contribution in [0.15, 0.2) is 48.5 Å². The standard InChI is InChI=1S/C22H20F4N2O2/c23-15-7-5-14(6-8-15)17-13-18(17)21(30)28-11-9-27(10-12-28)20(29)16-3-1-2-4-19(16)22(24,25)26/h1-8,17-18H,9-13H2/t17-,18+/m0/s1. The van der Waals surface area contributed by atoms with Crippen molar-refractivity contribution >= 4 is 11.8 Å². The molecule has 30 heavy (non-hydrogen) atoms. The van der Waals surface area contributed by atoms with Crippen LogP contribution in [0.2, 0.25) is 0 Å². The van der Waals surface area contributed by atoms with E-state index < -0.39 is 17.6 Å². The lowest BCUT2D eigenvalue weighted by molar-refractivity contribution is -0.138. The number of hydrogen-bond acceptors (Lipinski definition) is 2. The second kappa shape index (κ2) is 7.74. The highest BCUT2D eigenvalue weighted by Gasteiger charge is 2.46. The Labute approximate surface area is 171 Å². The number of carbonyl (C=O) groups excluding carboxylic acids is 2. The molecule has 0 spiro atoms. The molecule has 1 heterocycles. The number of rotatable bonds is 3. The number of benzene rings is 2. The van der Waals surface area contributed by atoms with Crippen LogP contribution in [0.5, 0.6) is 0 Å². The van der Waals surface area contributed by atoms with Crippen LogP contribution in [-0.2, 0) is 11.0 Å². The molecule has 0 aromatic heterocycles. The highest BCUT2D eigenvalue weighted by Crippen LogP contribution is 2.48. The normalized spacial score (nSPS) is 21.5. The Morgan fingerprint density at radius 2 is 1.47 bits per heavy atom. The third kappa shape index (κ3) is 4.04. The molecule has 4 nitrogen and oxygen atoms in total. The van der Waals surface area contributed by atoms with Gasteiger partial charge in [-0.3, -0.25) is 9.59 Å². The summed E-state index contributed by atoms with van der Waals surface area (Å²) >= 11 is 0. The predicted octanol–water partition coefficient (Wildman–Crippen LogP) is 3.93. The first kappa shape index (κ1) is 20.4. The molecule has 2 aliphatic rings. The molecule has 2 amide bonds. The fraction of sp³-hybridized carbons (Fsp3) is 0.364. The Morgan fingerprint density at radius 3 is 2.10 bits per heavy atom. The lowest BCUT2D eigenvalue weighted by Gasteiger charge is -2.35. The van der Waals surface area contributed by atoms with Crippen molar-refractivity contribution in [3.05, 3.63) is 71.0 Å². The summed E-state index contributed by atoms with van der Waals surface area (Å²) in [7, 11) is 0. The second-order valence-electron chi connectivity index (χ2n) is 7.66. The molecule has 0 N–H and O–H groups in total. The molecule has 0 unspecified atom stereocenters. The lowest BCUT2D eigenvalue weighted by Crippen LogP contribution is -2.51. The van der Waals surface area contributed by atoms with E-state index in [1.807, 2.05) is 0 Å². The summed E-state index contributed by atoms with van der Waals surface area (Å²) in [5.41, 5.74) is -0.399. The molecule has 1 aliphatic carbocycles. The molecule has 0 radical (unpaired) electrons. The number of nitrogens with zero attached hydrogens (tertiary/aromatic N) is 2. The molecule has 4 rings (SSSR count). The highest BCUT2D eigenvalue weighted by molar-refractivity contribution is 5.96. The van der Waals surface area contributed by atoms with Gasteiger partial charge >= 0.3 is 6.18 Å². The minimum absolute atomic E-state index is 0.0212. The van der Waals surface area contributed by atoms with Crippen molar-refractivity contribution in [1.29, 1.82) is 0 Å². The molecule has 2 atom stereocenters. The van der Waals surface area contributed by atoms with Gasteiger partial charge in [-0.1, -0.05) is 24.3 Å². The molecule has 1 aliphatic heterocycles. The highest BCUT2D eigenvalue weighted by atomic mass is 19.4. The molecule has 2 fully saturated rings. The van der Waals surface area contributed by atoms with E-state index in [1.165, 1.54) is 35.2 Å². The van der Waals surface area contributed by atoms with E-state index in [-0.39, 0.29) is 55.3 Å². The van der Waals surface area contributed by atoms with Crippen molar-refractivity contribution in [2.24, 2.45) is 5.92 Å². The zero-order valence-corrected chi connectivity index (χ0v) is 16.0. The lowest BCUT2D eigenvalue weighted by atomic mass is 10.1. The maximum atomic E-state index is 13.2. The van der Waals surface area contributed by atoms with Gasteiger partial charge in [0.15, 0.2) is 0 Å². The molecule has 1 saturated heterocycles. The summed E-state index contributed by atoms with van der Waals surface area (Å²) in [6.07, 6.45) is -3.91. The number of halogens is 4. The molecular weight excluding hydrogens is 400 g/mol. The number of hydrogen-bond donors (Lipinski definition) is 0. The van der Waals surface area contributed by atoms with Crippen LogP contribution < -0.4 is 0 Å². The number of piperazine rings is 1. The van der Waals surface area contributed by atoms with Crippen molar-refractivity contribution in [1.82, 2.24) is 9.80 Å². The van der Waals surface area contributed by atoms with E-state index in [9.17, 15) is 27.2 Å². The van der Waals surface area contributed by atoms with Crippen molar-refractivity contribution in [3.63, 3.8) is 0 Å². The average molecular weight is 420 g/mol. The van der Waals surface area contributed by atoms with E-state index >= 15 is 0 Å². The topological polar surface area (TPSA) is 40.6 Å². The molecule has 2 aromatic rings. The Balaban J connectivity index is 1.36. The van der Waals surface area contributed by atoms with Gasteiger partial charge in [0.1, 0.15) is 5.82 Å². The van der Waals surface area contributed by atoms with Crippen molar-refractivity contribution in [2.45, 2.75) is 18.5 Å². The first-order chi connectivity index (χ1) is 14.3. The number of amides is 2. The smallest absolute Gasteiger partial charge is 0.339 e. The fourth-order valence-electron chi connectivity index (χ4n) is 4.00. The van der Waals surface area contributed by atoms with Crippen molar-refractivity contribution in [2.75, 3.05) is 26.2 Å². The van der Waals surface area contributed by atoms with Gasteiger partial charge in [-0.05, 0) is 42.2 Å². The zero-order valence-electron chi connectivity index (χ0n) is 16.0. The summed E-state index contributed by atoms with van der Waals surface area (Å²) in [4.78, 5) is 28.4. The van der Waals surface area contributed by atoms with E-state index in [4.69, 9.17) is 0 Å².